The van der Waals surface area contributed by atoms with Gasteiger partial charge in [0.2, 0.25) is 0 Å². The smallest absolute Gasteiger partial charge is 0.314 e. The normalized spacial score (nSPS) is 10.4. The van der Waals surface area contributed by atoms with Crippen LogP contribution in [0, 0.1) is 0 Å². The number of benzene rings is 2. The average molecular weight is 343 g/mol. The topological polar surface area (TPSA) is 104 Å². The predicted molar refractivity (Wildman–Crippen MR) is 97.9 cm³/mol. The number of hydrogen-bond acceptors (Lipinski definition) is 4. The van der Waals surface area contributed by atoms with Crippen molar-refractivity contribution in [3.8, 4) is 11.1 Å². The molecule has 1 aromatic heterocycles. The van der Waals surface area contributed by atoms with Crippen LogP contribution < -0.4 is 16.7 Å². The van der Waals surface area contributed by atoms with E-state index in [1.165, 1.54) is 12.3 Å². The maximum Gasteiger partial charge on any atom is 0.328 e. The molecule has 3 rings (SSSR count). The fraction of sp³-hybridized carbons (Fsp3) is 0.0556. The summed E-state index contributed by atoms with van der Waals surface area (Å²) in [4.78, 5) is 38.1. The molecule has 25 heavy (non-hydrogen) atoms. The molecule has 3 aromatic rings. The van der Waals surface area contributed by atoms with Crippen molar-refractivity contribution < 1.29 is 14.3 Å². The lowest BCUT2D eigenvalue weighted by Gasteiger charge is -2.11. The second-order valence-electron chi connectivity index (χ2n) is 5.39. The fourth-order valence-corrected chi connectivity index (χ4v) is 2.59. The highest BCUT2D eigenvalue weighted by atomic mass is 16.5. The van der Waals surface area contributed by atoms with Gasteiger partial charge in [0.1, 0.15) is 0 Å². The van der Waals surface area contributed by atoms with Gasteiger partial charge in [0.05, 0.1) is 6.54 Å². The number of hydroxylamine groups is 1. The molecule has 7 nitrogen and oxygen atoms in total. The lowest BCUT2D eigenvalue weighted by atomic mass is 9.97. The number of hydrogen-bond donors (Lipinski definition) is 3. The largest absolute Gasteiger partial charge is 0.328 e. The molecule has 7 heteroatoms. The average Bonchev–Trinajstić information content (AvgIpc) is 2.65. The molecule has 0 aliphatic heterocycles. The molecular formula is C18H21N3O4. The molecule has 0 aliphatic carbocycles. The Bertz CT molecular complexity index is 1010. The summed E-state index contributed by atoms with van der Waals surface area (Å²) in [7, 11) is 0. The van der Waals surface area contributed by atoms with Crippen LogP contribution in [0.5, 0.6) is 0 Å². The van der Waals surface area contributed by atoms with Gasteiger partial charge in [-0.25, -0.2) is 10.3 Å². The van der Waals surface area contributed by atoms with Crippen LogP contribution in [-0.2, 0) is 6.54 Å². The van der Waals surface area contributed by atoms with Crippen molar-refractivity contribution in [2.45, 2.75) is 6.54 Å². The van der Waals surface area contributed by atoms with E-state index in [-0.39, 0.29) is 16.4 Å². The minimum absolute atomic E-state index is 0. The lowest BCUT2D eigenvalue weighted by Crippen LogP contribution is -2.34. The Kier molecular flexibility index (Phi) is 4.58. The van der Waals surface area contributed by atoms with E-state index in [1.807, 2.05) is 30.3 Å². The minimum Gasteiger partial charge on any atom is -0.314 e. The third kappa shape index (κ3) is 3.41. The maximum atomic E-state index is 11.9. The summed E-state index contributed by atoms with van der Waals surface area (Å²) in [5.74, 6) is -0.639. The highest BCUT2D eigenvalue weighted by Gasteiger charge is 2.13. The molecule has 0 fully saturated rings. The van der Waals surface area contributed by atoms with E-state index in [1.54, 1.807) is 23.7 Å². The number of aromatic amines is 1. The van der Waals surface area contributed by atoms with Crippen LogP contribution in [0.3, 0.4) is 0 Å². The quantitative estimate of drug-likeness (QED) is 0.498. The highest BCUT2D eigenvalue weighted by Crippen LogP contribution is 2.25. The highest BCUT2D eigenvalue weighted by molar-refractivity contribution is 6.00. The number of H-pyrrole nitrogens is 1. The summed E-state index contributed by atoms with van der Waals surface area (Å²) in [6, 6.07) is 15.3. The number of nitrogens with zero attached hydrogens (tertiary/aromatic N) is 1. The molecule has 0 saturated heterocycles. The predicted octanol–water partition coefficient (Wildman–Crippen LogP) is 2.11. The van der Waals surface area contributed by atoms with E-state index in [9.17, 15) is 14.4 Å². The van der Waals surface area contributed by atoms with E-state index >= 15 is 0 Å². The first-order valence-electron chi connectivity index (χ1n) is 7.51. The van der Waals surface area contributed by atoms with Gasteiger partial charge in [0.25, 0.3) is 11.5 Å². The molecule has 3 N–H and O–H groups in total. The number of rotatable bonds is 4. The molecule has 1 heterocycles. The van der Waals surface area contributed by atoms with Gasteiger partial charge in [-0.3, -0.25) is 19.4 Å². The molecule has 0 saturated carbocycles. The zero-order valence-electron chi connectivity index (χ0n) is 13.1. The summed E-state index contributed by atoms with van der Waals surface area (Å²) < 4.78 is 1.07. The van der Waals surface area contributed by atoms with Crippen LogP contribution in [0.25, 0.3) is 11.1 Å². The third-order valence-corrected chi connectivity index (χ3v) is 3.80. The summed E-state index contributed by atoms with van der Waals surface area (Å²) in [5.41, 5.74) is 3.03. The molecule has 0 radical (unpaired) electrons. The Hall–Kier alpha value is -3.45. The van der Waals surface area contributed by atoms with Crippen LogP contribution in [-0.4, -0.2) is 20.7 Å². The number of aromatic nitrogens is 2. The second kappa shape index (κ2) is 6.98. The Morgan fingerprint density at radius 2 is 1.88 bits per heavy atom. The van der Waals surface area contributed by atoms with Crippen LogP contribution in [0.4, 0.5) is 0 Å². The lowest BCUT2D eigenvalue weighted by molar-refractivity contribution is 0.0707. The van der Waals surface area contributed by atoms with Crippen LogP contribution in [0.2, 0.25) is 0 Å². The Morgan fingerprint density at radius 3 is 2.56 bits per heavy atom. The van der Waals surface area contributed by atoms with Gasteiger partial charge in [-0.15, -0.1) is 0 Å². The second-order valence-corrected chi connectivity index (χ2v) is 5.39. The number of amides is 1. The zero-order valence-corrected chi connectivity index (χ0v) is 13.1. The molecule has 1 amide bonds. The van der Waals surface area contributed by atoms with Gasteiger partial charge in [-0.2, -0.15) is 0 Å². The van der Waals surface area contributed by atoms with Crippen molar-refractivity contribution in [1.82, 2.24) is 15.0 Å². The van der Waals surface area contributed by atoms with Crippen LogP contribution in [0.15, 0.2) is 70.4 Å². The van der Waals surface area contributed by atoms with Gasteiger partial charge in [-0.1, -0.05) is 36.4 Å². The number of nitrogens with one attached hydrogen (secondary N) is 2. The van der Waals surface area contributed by atoms with Gasteiger partial charge in [0.15, 0.2) is 0 Å². The summed E-state index contributed by atoms with van der Waals surface area (Å²) in [6.07, 6.45) is 1.30. The molecule has 132 valence electrons. The van der Waals surface area contributed by atoms with Gasteiger partial charge >= 0.3 is 5.69 Å². The maximum absolute atomic E-state index is 11.9. The fourth-order valence-electron chi connectivity index (χ4n) is 2.59. The Labute approximate surface area is 146 Å². The summed E-state index contributed by atoms with van der Waals surface area (Å²) in [5, 5.41) is 8.95. The van der Waals surface area contributed by atoms with Gasteiger partial charge in [0, 0.05) is 22.1 Å². The molecule has 0 spiro atoms. The zero-order chi connectivity index (χ0) is 17.8. The third-order valence-electron chi connectivity index (χ3n) is 3.80. The first-order chi connectivity index (χ1) is 12.1. The van der Waals surface area contributed by atoms with Crippen LogP contribution >= 0.6 is 0 Å². The molecule has 0 aliphatic rings. The van der Waals surface area contributed by atoms with Crippen LogP contribution in [0.1, 0.15) is 20.2 Å². The van der Waals surface area contributed by atoms with Gasteiger partial charge in [-0.05, 0) is 28.8 Å². The minimum atomic E-state index is -0.639. The monoisotopic (exact) mass is 343 g/mol. The van der Waals surface area contributed by atoms with E-state index in [0.717, 1.165) is 10.1 Å². The van der Waals surface area contributed by atoms with Crippen molar-refractivity contribution in [2.75, 3.05) is 0 Å². The molecule has 0 bridgehead atoms. The SMILES string of the molecule is O=C(NO)c1ccc(Cn2c(=O)cc[nH]c2=O)cc1-c1ccccc1.[HH].[HH].[HH]. The first kappa shape index (κ1) is 16.4. The van der Waals surface area contributed by atoms with Gasteiger partial charge < -0.3 is 4.98 Å². The van der Waals surface area contributed by atoms with E-state index < -0.39 is 17.2 Å². The van der Waals surface area contributed by atoms with Crippen molar-refractivity contribution >= 4 is 5.91 Å². The number of carbonyl (C=O) groups excluding carboxylic acids is 1. The Balaban J connectivity index is 0.00000243. The number of carbonyl (C=O) groups is 1. The summed E-state index contributed by atoms with van der Waals surface area (Å²) in [6.45, 7) is 0.0653. The van der Waals surface area contributed by atoms with Crippen molar-refractivity contribution in [3.05, 3.63) is 92.8 Å². The Morgan fingerprint density at radius 1 is 1.12 bits per heavy atom. The van der Waals surface area contributed by atoms with Crippen molar-refractivity contribution in [2.24, 2.45) is 0 Å². The van der Waals surface area contributed by atoms with E-state index in [2.05, 4.69) is 4.98 Å². The van der Waals surface area contributed by atoms with E-state index in [0.29, 0.717) is 11.1 Å². The molecule has 0 unspecified atom stereocenters. The molecule has 0 atom stereocenters. The molecular weight excluding hydrogens is 322 g/mol. The summed E-state index contributed by atoms with van der Waals surface area (Å²) >= 11 is 0. The first-order valence-corrected chi connectivity index (χ1v) is 7.51. The van der Waals surface area contributed by atoms with Crippen molar-refractivity contribution in [1.29, 1.82) is 0 Å². The molecule has 2 aromatic carbocycles. The van der Waals surface area contributed by atoms with Crippen molar-refractivity contribution in [3.63, 3.8) is 0 Å². The van der Waals surface area contributed by atoms with E-state index in [4.69, 9.17) is 5.21 Å². The standard InChI is InChI=1S/C18H15N3O4.3H2/c22-16-8-9-19-18(24)21(16)11-12-6-7-14(17(23)20-25)15(10-12)13-4-2-1-3-5-13;;;/h1-10,25H,11H2,(H,19,24)(H,20,23);3*1H.